The molecule has 0 bridgehead atoms. The molecule has 0 radical (unpaired) electrons. The number of carbonyl (C=O) groups excluding carboxylic acids is 1. The zero-order valence-corrected chi connectivity index (χ0v) is 15.9. The van der Waals surface area contributed by atoms with Crippen molar-refractivity contribution in [3.05, 3.63) is 59.7 Å². The molecule has 2 amide bonds. The molecule has 4 rings (SSSR count). The van der Waals surface area contributed by atoms with Crippen molar-refractivity contribution in [3.63, 3.8) is 0 Å². The topological polar surface area (TPSA) is 73.9 Å². The monoisotopic (exact) mass is 363 g/mol. The summed E-state index contributed by atoms with van der Waals surface area (Å²) in [5, 5.41) is 3.16. The van der Waals surface area contributed by atoms with Gasteiger partial charge in [-0.25, -0.2) is 9.78 Å². The number of imidazole rings is 1. The molecule has 27 heavy (non-hydrogen) atoms. The Bertz CT molecular complexity index is 944. The Morgan fingerprint density at radius 3 is 2.78 bits per heavy atom. The third kappa shape index (κ3) is 3.52. The summed E-state index contributed by atoms with van der Waals surface area (Å²) in [5.41, 5.74) is 4.16. The van der Waals surface area contributed by atoms with E-state index in [1.807, 2.05) is 35.2 Å². The molecule has 1 atom stereocenters. The van der Waals surface area contributed by atoms with Crippen LogP contribution < -0.4 is 5.32 Å². The number of rotatable bonds is 4. The van der Waals surface area contributed by atoms with E-state index in [1.165, 1.54) is 5.56 Å². The van der Waals surface area contributed by atoms with E-state index in [0.717, 1.165) is 22.6 Å². The second kappa shape index (κ2) is 7.02. The van der Waals surface area contributed by atoms with Gasteiger partial charge in [0.05, 0.1) is 17.1 Å². The number of benzene rings is 1. The van der Waals surface area contributed by atoms with E-state index in [9.17, 15) is 4.79 Å². The molecule has 1 fully saturated rings. The summed E-state index contributed by atoms with van der Waals surface area (Å²) in [6, 6.07) is 11.9. The number of aryl methyl sites for hydroxylation is 1. The molecule has 1 aliphatic heterocycles. The lowest BCUT2D eigenvalue weighted by Gasteiger charge is -2.39. The minimum Gasteiger partial charge on any atom is -0.340 e. The maximum absolute atomic E-state index is 12.7. The van der Waals surface area contributed by atoms with E-state index < -0.39 is 0 Å². The second-order valence-corrected chi connectivity index (χ2v) is 7.67. The van der Waals surface area contributed by atoms with Crippen molar-refractivity contribution in [2.45, 2.75) is 32.7 Å². The Balaban J connectivity index is 1.44. The van der Waals surface area contributed by atoms with E-state index in [2.05, 4.69) is 42.1 Å². The summed E-state index contributed by atoms with van der Waals surface area (Å²) >= 11 is 0. The van der Waals surface area contributed by atoms with E-state index in [4.69, 9.17) is 4.98 Å². The number of pyridine rings is 1. The van der Waals surface area contributed by atoms with Gasteiger partial charge in [0.1, 0.15) is 5.82 Å². The molecular weight excluding hydrogens is 338 g/mol. The molecule has 0 unspecified atom stereocenters. The van der Waals surface area contributed by atoms with Crippen LogP contribution in [0, 0.1) is 12.8 Å². The van der Waals surface area contributed by atoms with E-state index >= 15 is 0 Å². The van der Waals surface area contributed by atoms with Gasteiger partial charge in [-0.05, 0) is 42.7 Å². The number of hydrogen-bond acceptors (Lipinski definition) is 3. The van der Waals surface area contributed by atoms with Crippen molar-refractivity contribution in [3.8, 4) is 0 Å². The van der Waals surface area contributed by atoms with Crippen LogP contribution in [0.3, 0.4) is 0 Å². The molecule has 0 saturated carbocycles. The van der Waals surface area contributed by atoms with Crippen LogP contribution in [0.2, 0.25) is 0 Å². The fraction of sp³-hybridized carbons (Fsp3) is 0.381. The van der Waals surface area contributed by atoms with Gasteiger partial charge < -0.3 is 15.2 Å². The average molecular weight is 363 g/mol. The number of aromatic amines is 1. The number of hydrogen-bond donors (Lipinski definition) is 2. The summed E-state index contributed by atoms with van der Waals surface area (Å²) in [6.07, 6.45) is 1.80. The van der Waals surface area contributed by atoms with Crippen molar-refractivity contribution in [1.29, 1.82) is 0 Å². The van der Waals surface area contributed by atoms with Crippen LogP contribution in [0.4, 0.5) is 4.79 Å². The summed E-state index contributed by atoms with van der Waals surface area (Å²) in [4.78, 5) is 27.0. The summed E-state index contributed by atoms with van der Waals surface area (Å²) in [5.74, 6) is 1.35. The lowest BCUT2D eigenvalue weighted by atomic mass is 9.96. The van der Waals surface area contributed by atoms with Crippen molar-refractivity contribution in [2.75, 3.05) is 13.1 Å². The maximum Gasteiger partial charge on any atom is 0.318 e. The molecule has 2 aromatic heterocycles. The maximum atomic E-state index is 12.7. The third-order valence-corrected chi connectivity index (χ3v) is 5.17. The fourth-order valence-corrected chi connectivity index (χ4v) is 3.51. The van der Waals surface area contributed by atoms with Crippen molar-refractivity contribution in [2.24, 2.45) is 5.92 Å². The molecule has 140 valence electrons. The van der Waals surface area contributed by atoms with Crippen molar-refractivity contribution in [1.82, 2.24) is 25.2 Å². The Morgan fingerprint density at radius 1 is 1.26 bits per heavy atom. The largest absolute Gasteiger partial charge is 0.340 e. The molecule has 2 N–H and O–H groups in total. The Labute approximate surface area is 159 Å². The molecular formula is C21H25N5O. The first-order chi connectivity index (χ1) is 13.0. The molecule has 3 heterocycles. The molecule has 0 aliphatic carbocycles. The highest BCUT2D eigenvalue weighted by molar-refractivity contribution is 5.77. The van der Waals surface area contributed by atoms with Crippen LogP contribution in [0.15, 0.2) is 42.6 Å². The number of nitrogens with zero attached hydrogens (tertiary/aromatic N) is 3. The normalized spacial score (nSPS) is 15.8. The molecule has 1 aromatic carbocycles. The Kier molecular flexibility index (Phi) is 4.56. The van der Waals surface area contributed by atoms with E-state index in [0.29, 0.717) is 19.0 Å². The van der Waals surface area contributed by atoms with Gasteiger partial charge in [-0.15, -0.1) is 0 Å². The first kappa shape index (κ1) is 17.5. The molecule has 6 nitrogen and oxygen atoms in total. The lowest BCUT2D eigenvalue weighted by Crippen LogP contribution is -2.53. The highest BCUT2D eigenvalue weighted by Crippen LogP contribution is 2.27. The SMILES string of the molecule is Cc1ccc2nc([C@H](NC(=O)N3CC(c4ccccn4)C3)C(C)C)[nH]c2c1. The highest BCUT2D eigenvalue weighted by atomic mass is 16.2. The quantitative estimate of drug-likeness (QED) is 0.741. The first-order valence-corrected chi connectivity index (χ1v) is 9.44. The number of H-pyrrole nitrogens is 1. The minimum atomic E-state index is -0.154. The zero-order chi connectivity index (χ0) is 19.0. The number of urea groups is 1. The second-order valence-electron chi connectivity index (χ2n) is 7.67. The highest BCUT2D eigenvalue weighted by Gasteiger charge is 2.34. The van der Waals surface area contributed by atoms with Crippen LogP contribution in [-0.2, 0) is 0 Å². The van der Waals surface area contributed by atoms with Gasteiger partial charge in [-0.1, -0.05) is 26.0 Å². The molecule has 6 heteroatoms. The Morgan fingerprint density at radius 2 is 2.07 bits per heavy atom. The van der Waals surface area contributed by atoms with Gasteiger partial charge in [-0.2, -0.15) is 0 Å². The summed E-state index contributed by atoms with van der Waals surface area (Å²) in [7, 11) is 0. The molecule has 0 spiro atoms. The third-order valence-electron chi connectivity index (χ3n) is 5.17. The molecule has 1 aliphatic rings. The zero-order valence-electron chi connectivity index (χ0n) is 15.9. The Hall–Kier alpha value is -2.89. The number of aromatic nitrogens is 3. The molecule has 1 saturated heterocycles. The number of fused-ring (bicyclic) bond motifs is 1. The molecule has 3 aromatic rings. The number of carbonyl (C=O) groups is 1. The van der Waals surface area contributed by atoms with Crippen LogP contribution in [0.5, 0.6) is 0 Å². The number of nitrogens with one attached hydrogen (secondary N) is 2. The number of amides is 2. The van der Waals surface area contributed by atoms with Gasteiger partial charge in [0.15, 0.2) is 0 Å². The first-order valence-electron chi connectivity index (χ1n) is 9.44. The average Bonchev–Trinajstić information content (AvgIpc) is 3.01. The van der Waals surface area contributed by atoms with Crippen LogP contribution in [0.1, 0.15) is 42.9 Å². The van der Waals surface area contributed by atoms with Gasteiger partial charge in [0, 0.05) is 30.9 Å². The van der Waals surface area contributed by atoms with Crippen LogP contribution in [-0.4, -0.2) is 39.0 Å². The minimum absolute atomic E-state index is 0.0440. The van der Waals surface area contributed by atoms with Gasteiger partial charge >= 0.3 is 6.03 Å². The standard InChI is InChI=1S/C21H25N5O/c1-13(2)19(20-23-17-8-7-14(3)10-18(17)24-20)25-21(27)26-11-15(12-26)16-6-4-5-9-22-16/h4-10,13,15,19H,11-12H2,1-3H3,(H,23,24)(H,25,27)/t19-/m1/s1. The number of likely N-dealkylation sites (tertiary alicyclic amines) is 1. The van der Waals surface area contributed by atoms with Gasteiger partial charge in [-0.3, -0.25) is 4.98 Å². The fourth-order valence-electron chi connectivity index (χ4n) is 3.51. The van der Waals surface area contributed by atoms with E-state index in [-0.39, 0.29) is 18.0 Å². The predicted molar refractivity (Wildman–Crippen MR) is 105 cm³/mol. The van der Waals surface area contributed by atoms with Crippen molar-refractivity contribution >= 4 is 17.1 Å². The smallest absolute Gasteiger partial charge is 0.318 e. The van der Waals surface area contributed by atoms with Crippen LogP contribution >= 0.6 is 0 Å². The van der Waals surface area contributed by atoms with Crippen molar-refractivity contribution < 1.29 is 4.79 Å². The van der Waals surface area contributed by atoms with Gasteiger partial charge in [0.2, 0.25) is 0 Å². The summed E-state index contributed by atoms with van der Waals surface area (Å²) < 4.78 is 0. The summed E-state index contributed by atoms with van der Waals surface area (Å²) in [6.45, 7) is 7.65. The van der Waals surface area contributed by atoms with Crippen LogP contribution in [0.25, 0.3) is 11.0 Å². The lowest BCUT2D eigenvalue weighted by molar-refractivity contribution is 0.143. The van der Waals surface area contributed by atoms with E-state index in [1.54, 1.807) is 6.20 Å². The predicted octanol–water partition coefficient (Wildman–Crippen LogP) is 3.77. The van der Waals surface area contributed by atoms with Gasteiger partial charge in [0.25, 0.3) is 0 Å².